The third-order valence-electron chi connectivity index (χ3n) is 4.54. The number of carbonyl (C=O) groups excluding carboxylic acids is 3. The van der Waals surface area contributed by atoms with E-state index in [-0.39, 0.29) is 30.8 Å². The number of likely N-dealkylation sites (tertiary alicyclic amines) is 1. The number of hydrogen-bond acceptors (Lipinski definition) is 5. The fraction of sp³-hybridized carbons (Fsp3) is 0.571. The van der Waals surface area contributed by atoms with Gasteiger partial charge < -0.3 is 25.0 Å². The molecule has 0 atom stereocenters. The van der Waals surface area contributed by atoms with Crippen LogP contribution < -0.4 is 15.4 Å². The summed E-state index contributed by atoms with van der Waals surface area (Å²) in [5, 5.41) is 5.62. The molecule has 29 heavy (non-hydrogen) atoms. The van der Waals surface area contributed by atoms with Crippen molar-refractivity contribution in [1.82, 2.24) is 15.5 Å². The van der Waals surface area contributed by atoms with Crippen LogP contribution in [0.4, 0.5) is 4.79 Å². The van der Waals surface area contributed by atoms with Crippen LogP contribution in [0.2, 0.25) is 0 Å². The molecule has 0 spiro atoms. The van der Waals surface area contributed by atoms with Crippen LogP contribution in [0.25, 0.3) is 0 Å². The number of amides is 3. The van der Waals surface area contributed by atoms with Gasteiger partial charge in [0.2, 0.25) is 5.91 Å². The molecule has 1 aliphatic rings. The third-order valence-corrected chi connectivity index (χ3v) is 4.54. The van der Waals surface area contributed by atoms with Gasteiger partial charge in [-0.15, -0.1) is 0 Å². The second-order valence-corrected chi connectivity index (χ2v) is 8.04. The number of nitrogens with zero attached hydrogens (tertiary/aromatic N) is 1. The Bertz CT molecular complexity index is 704. The van der Waals surface area contributed by atoms with Gasteiger partial charge in [-0.25, -0.2) is 4.79 Å². The van der Waals surface area contributed by atoms with Crippen molar-refractivity contribution in [2.24, 2.45) is 0 Å². The van der Waals surface area contributed by atoms with Gasteiger partial charge in [0, 0.05) is 37.7 Å². The number of piperidine rings is 1. The van der Waals surface area contributed by atoms with Crippen LogP contribution in [0.3, 0.4) is 0 Å². The van der Waals surface area contributed by atoms with Crippen LogP contribution in [0.15, 0.2) is 24.3 Å². The van der Waals surface area contributed by atoms with Crippen LogP contribution in [0.5, 0.6) is 5.75 Å². The predicted molar refractivity (Wildman–Crippen MR) is 109 cm³/mol. The minimum absolute atomic E-state index is 0.0130. The van der Waals surface area contributed by atoms with E-state index in [9.17, 15) is 14.4 Å². The van der Waals surface area contributed by atoms with Gasteiger partial charge >= 0.3 is 6.09 Å². The van der Waals surface area contributed by atoms with Crippen LogP contribution in [0, 0.1) is 0 Å². The summed E-state index contributed by atoms with van der Waals surface area (Å²) in [5.74, 6) is 0.564. The summed E-state index contributed by atoms with van der Waals surface area (Å²) in [4.78, 5) is 38.0. The zero-order valence-corrected chi connectivity index (χ0v) is 17.6. The van der Waals surface area contributed by atoms with Gasteiger partial charge in [-0.05, 0) is 57.9 Å². The second kappa shape index (κ2) is 10.1. The molecule has 2 N–H and O–H groups in total. The number of carbonyl (C=O) groups is 3. The standard InChI is InChI=1S/C21H31N3O5/c1-21(2,3)29-20(27)22-12-9-18(25)24-13-10-16(11-14-24)23-19(26)15-5-7-17(28-4)8-6-15/h5-8,16H,9-14H2,1-4H3,(H,22,27)(H,23,26). The average molecular weight is 405 g/mol. The molecule has 2 rings (SSSR count). The lowest BCUT2D eigenvalue weighted by Crippen LogP contribution is -2.47. The van der Waals surface area contributed by atoms with Gasteiger partial charge in [0.25, 0.3) is 5.91 Å². The fourth-order valence-electron chi connectivity index (χ4n) is 3.03. The van der Waals surface area contributed by atoms with E-state index >= 15 is 0 Å². The van der Waals surface area contributed by atoms with Crippen molar-refractivity contribution in [2.45, 2.75) is 51.7 Å². The molecule has 1 aromatic rings. The number of alkyl carbamates (subject to hydrolysis) is 1. The van der Waals surface area contributed by atoms with E-state index in [2.05, 4.69) is 10.6 Å². The monoisotopic (exact) mass is 405 g/mol. The summed E-state index contributed by atoms with van der Waals surface area (Å²) in [6, 6.07) is 6.99. The first kappa shape index (κ1) is 22.5. The summed E-state index contributed by atoms with van der Waals surface area (Å²) in [6.45, 7) is 6.76. The SMILES string of the molecule is COc1ccc(C(=O)NC2CCN(C(=O)CCNC(=O)OC(C)(C)C)CC2)cc1. The Morgan fingerprint density at radius 1 is 1.10 bits per heavy atom. The molecule has 1 heterocycles. The Kier molecular flexibility index (Phi) is 7.87. The van der Waals surface area contributed by atoms with Gasteiger partial charge in [-0.1, -0.05) is 0 Å². The largest absolute Gasteiger partial charge is 0.497 e. The number of rotatable bonds is 6. The maximum absolute atomic E-state index is 12.3. The summed E-state index contributed by atoms with van der Waals surface area (Å²) in [7, 11) is 1.58. The molecule has 0 aliphatic carbocycles. The Balaban J connectivity index is 1.69. The van der Waals surface area contributed by atoms with E-state index in [1.807, 2.05) is 0 Å². The molecular weight excluding hydrogens is 374 g/mol. The lowest BCUT2D eigenvalue weighted by Gasteiger charge is -2.32. The highest BCUT2D eigenvalue weighted by atomic mass is 16.6. The van der Waals surface area contributed by atoms with Gasteiger partial charge in [-0.2, -0.15) is 0 Å². The average Bonchev–Trinajstić information content (AvgIpc) is 2.67. The van der Waals surface area contributed by atoms with E-state index < -0.39 is 11.7 Å². The first-order valence-corrected chi connectivity index (χ1v) is 9.87. The molecule has 8 heteroatoms. The van der Waals surface area contributed by atoms with Crippen molar-refractivity contribution >= 4 is 17.9 Å². The fourth-order valence-corrected chi connectivity index (χ4v) is 3.03. The van der Waals surface area contributed by atoms with E-state index in [0.29, 0.717) is 37.2 Å². The number of nitrogens with one attached hydrogen (secondary N) is 2. The first-order chi connectivity index (χ1) is 13.7. The minimum Gasteiger partial charge on any atom is -0.497 e. The van der Waals surface area contributed by atoms with Crippen molar-refractivity contribution < 1.29 is 23.9 Å². The highest BCUT2D eigenvalue weighted by molar-refractivity contribution is 5.94. The molecule has 3 amide bonds. The van der Waals surface area contributed by atoms with Crippen LogP contribution in [-0.4, -0.2) is 61.2 Å². The summed E-state index contributed by atoms with van der Waals surface area (Å²) < 4.78 is 10.2. The van der Waals surface area contributed by atoms with Crippen LogP contribution in [0.1, 0.15) is 50.4 Å². The number of methoxy groups -OCH3 is 1. The Morgan fingerprint density at radius 3 is 2.28 bits per heavy atom. The lowest BCUT2D eigenvalue weighted by atomic mass is 10.0. The van der Waals surface area contributed by atoms with Crippen LogP contribution >= 0.6 is 0 Å². The Hall–Kier alpha value is -2.77. The van der Waals surface area contributed by atoms with Crippen molar-refractivity contribution in [3.8, 4) is 5.75 Å². The molecule has 0 saturated carbocycles. The normalized spacial score (nSPS) is 14.8. The minimum atomic E-state index is -0.563. The molecule has 0 bridgehead atoms. The summed E-state index contributed by atoms with van der Waals surface area (Å²) in [5.41, 5.74) is 0.0178. The summed E-state index contributed by atoms with van der Waals surface area (Å²) >= 11 is 0. The molecule has 1 fully saturated rings. The smallest absolute Gasteiger partial charge is 0.407 e. The van der Waals surface area contributed by atoms with Gasteiger partial charge in [-0.3, -0.25) is 9.59 Å². The van der Waals surface area contributed by atoms with Crippen LogP contribution in [-0.2, 0) is 9.53 Å². The predicted octanol–water partition coefficient (Wildman–Crippen LogP) is 2.33. The molecular formula is C21H31N3O5. The van der Waals surface area contributed by atoms with Crippen molar-refractivity contribution in [1.29, 1.82) is 0 Å². The zero-order chi connectivity index (χ0) is 21.4. The topological polar surface area (TPSA) is 97.0 Å². The molecule has 8 nitrogen and oxygen atoms in total. The molecule has 160 valence electrons. The Morgan fingerprint density at radius 2 is 1.72 bits per heavy atom. The number of ether oxygens (including phenoxy) is 2. The molecule has 1 aliphatic heterocycles. The quantitative estimate of drug-likeness (QED) is 0.757. The number of benzene rings is 1. The number of hydrogen-bond donors (Lipinski definition) is 2. The lowest BCUT2D eigenvalue weighted by molar-refractivity contribution is -0.132. The van der Waals surface area contributed by atoms with E-state index in [1.165, 1.54) is 0 Å². The van der Waals surface area contributed by atoms with Gasteiger partial charge in [0.1, 0.15) is 11.4 Å². The van der Waals surface area contributed by atoms with Crippen molar-refractivity contribution in [2.75, 3.05) is 26.7 Å². The molecule has 0 radical (unpaired) electrons. The highest BCUT2D eigenvalue weighted by Gasteiger charge is 2.24. The molecule has 0 aromatic heterocycles. The van der Waals surface area contributed by atoms with Crippen molar-refractivity contribution in [3.05, 3.63) is 29.8 Å². The summed E-state index contributed by atoms with van der Waals surface area (Å²) in [6.07, 6.45) is 1.10. The second-order valence-electron chi connectivity index (χ2n) is 8.04. The first-order valence-electron chi connectivity index (χ1n) is 9.87. The molecule has 0 unspecified atom stereocenters. The Labute approximate surface area is 171 Å². The molecule has 1 saturated heterocycles. The zero-order valence-electron chi connectivity index (χ0n) is 17.6. The highest BCUT2D eigenvalue weighted by Crippen LogP contribution is 2.14. The van der Waals surface area contributed by atoms with Crippen molar-refractivity contribution in [3.63, 3.8) is 0 Å². The third kappa shape index (κ3) is 7.63. The van der Waals surface area contributed by atoms with E-state index in [1.54, 1.807) is 57.0 Å². The van der Waals surface area contributed by atoms with Gasteiger partial charge in [0.05, 0.1) is 7.11 Å². The van der Waals surface area contributed by atoms with E-state index in [0.717, 1.165) is 0 Å². The van der Waals surface area contributed by atoms with E-state index in [4.69, 9.17) is 9.47 Å². The molecule has 1 aromatic carbocycles. The maximum atomic E-state index is 12.3. The maximum Gasteiger partial charge on any atom is 0.407 e. The van der Waals surface area contributed by atoms with Gasteiger partial charge in [0.15, 0.2) is 0 Å².